The van der Waals surface area contributed by atoms with Crippen LogP contribution in [0.15, 0.2) is 30.7 Å². The molecular weight excluding hydrogens is 471 g/mol. The fourth-order valence-corrected chi connectivity index (χ4v) is 4.18. The van der Waals surface area contributed by atoms with Crippen molar-refractivity contribution >= 4 is 23.4 Å². The Balaban J connectivity index is 0.00000361. The van der Waals surface area contributed by atoms with Crippen molar-refractivity contribution in [2.45, 2.75) is 53.8 Å². The van der Waals surface area contributed by atoms with E-state index in [2.05, 4.69) is 29.2 Å². The monoisotopic (exact) mass is 503 g/mol. The number of nitrogens with one attached hydrogen (secondary N) is 1. The van der Waals surface area contributed by atoms with Crippen LogP contribution in [0.3, 0.4) is 0 Å². The van der Waals surface area contributed by atoms with Gasteiger partial charge in [0.05, 0.1) is 18.9 Å². The standard InChI is InChI=1S/C24H28F3N7O.CH4/c1-5-19-23(35)32(4)20-10-29-24(31-22(20)34(19)11-14(2)3)28-8-16-9-30-33(13-16)12-15-6-17(25)21(27)18(26)7-15;/h6-7,9-10,13-14,19H,5,8,11-12H2,1-4H3,(H,28,29,31);1H4/t19-;/m1./s1. The van der Waals surface area contributed by atoms with E-state index >= 15 is 0 Å². The lowest BCUT2D eigenvalue weighted by Gasteiger charge is -2.41. The third-order valence-corrected chi connectivity index (χ3v) is 5.85. The first-order valence-corrected chi connectivity index (χ1v) is 11.5. The molecule has 11 heteroatoms. The molecule has 1 amide bonds. The zero-order valence-electron chi connectivity index (χ0n) is 20.1. The van der Waals surface area contributed by atoms with Crippen molar-refractivity contribution < 1.29 is 18.0 Å². The van der Waals surface area contributed by atoms with Crippen LogP contribution in [-0.2, 0) is 17.9 Å². The maximum Gasteiger partial charge on any atom is 0.249 e. The summed E-state index contributed by atoms with van der Waals surface area (Å²) in [5, 5.41) is 7.38. The Hall–Kier alpha value is -3.63. The summed E-state index contributed by atoms with van der Waals surface area (Å²) in [6.45, 7) is 7.33. The summed E-state index contributed by atoms with van der Waals surface area (Å²) in [5.74, 6) is -2.47. The van der Waals surface area contributed by atoms with Gasteiger partial charge < -0.3 is 15.1 Å². The average Bonchev–Trinajstić information content (AvgIpc) is 3.26. The van der Waals surface area contributed by atoms with Gasteiger partial charge in [-0.05, 0) is 30.0 Å². The summed E-state index contributed by atoms with van der Waals surface area (Å²) < 4.78 is 41.6. The molecule has 36 heavy (non-hydrogen) atoms. The van der Waals surface area contributed by atoms with Crippen LogP contribution in [0, 0.1) is 23.4 Å². The van der Waals surface area contributed by atoms with Gasteiger partial charge in [0.15, 0.2) is 23.3 Å². The quantitative estimate of drug-likeness (QED) is 0.453. The van der Waals surface area contributed by atoms with Crippen LogP contribution in [0.1, 0.15) is 45.7 Å². The van der Waals surface area contributed by atoms with Gasteiger partial charge in [0, 0.05) is 31.9 Å². The number of anilines is 3. The van der Waals surface area contributed by atoms with Gasteiger partial charge in [0.2, 0.25) is 11.9 Å². The molecule has 3 aromatic rings. The van der Waals surface area contributed by atoms with Gasteiger partial charge in [-0.15, -0.1) is 0 Å². The van der Waals surface area contributed by atoms with Crippen LogP contribution < -0.4 is 15.1 Å². The molecule has 0 aliphatic carbocycles. The fourth-order valence-electron chi connectivity index (χ4n) is 4.18. The molecule has 1 aliphatic heterocycles. The molecule has 1 aliphatic rings. The van der Waals surface area contributed by atoms with E-state index in [1.807, 2.05) is 11.8 Å². The molecule has 1 aromatic carbocycles. The summed E-state index contributed by atoms with van der Waals surface area (Å²) in [7, 11) is 1.74. The molecule has 1 atom stereocenters. The molecule has 194 valence electrons. The molecule has 0 saturated heterocycles. The predicted octanol–water partition coefficient (Wildman–Crippen LogP) is 4.60. The second-order valence-electron chi connectivity index (χ2n) is 9.04. The summed E-state index contributed by atoms with van der Waals surface area (Å²) in [6, 6.07) is 1.62. The third kappa shape index (κ3) is 5.44. The van der Waals surface area contributed by atoms with E-state index in [9.17, 15) is 18.0 Å². The van der Waals surface area contributed by atoms with Gasteiger partial charge in [0.1, 0.15) is 11.7 Å². The Bertz CT molecular complexity index is 1210. The molecule has 8 nitrogen and oxygen atoms in total. The number of carbonyl (C=O) groups excluding carboxylic acids is 1. The van der Waals surface area contributed by atoms with E-state index < -0.39 is 17.5 Å². The molecule has 4 rings (SSSR count). The lowest BCUT2D eigenvalue weighted by atomic mass is 10.1. The van der Waals surface area contributed by atoms with Gasteiger partial charge in [-0.3, -0.25) is 9.48 Å². The molecule has 3 heterocycles. The highest BCUT2D eigenvalue weighted by atomic mass is 19.2. The average molecular weight is 504 g/mol. The second-order valence-corrected chi connectivity index (χ2v) is 9.04. The van der Waals surface area contributed by atoms with Gasteiger partial charge in [-0.2, -0.15) is 10.1 Å². The number of fused-ring (bicyclic) bond motifs is 1. The molecular formula is C25H32F3N7O. The smallest absolute Gasteiger partial charge is 0.249 e. The van der Waals surface area contributed by atoms with Crippen LogP contribution in [0.5, 0.6) is 0 Å². The first kappa shape index (κ1) is 27.0. The minimum atomic E-state index is -1.49. The maximum atomic E-state index is 13.5. The lowest BCUT2D eigenvalue weighted by molar-refractivity contribution is -0.120. The number of hydrogen-bond donors (Lipinski definition) is 1. The van der Waals surface area contributed by atoms with Gasteiger partial charge in [-0.1, -0.05) is 28.2 Å². The fraction of sp³-hybridized carbons (Fsp3) is 0.440. The first-order valence-electron chi connectivity index (χ1n) is 11.5. The highest BCUT2D eigenvalue weighted by Gasteiger charge is 2.37. The Labute approximate surface area is 209 Å². The summed E-state index contributed by atoms with van der Waals surface area (Å²) in [6.07, 6.45) is 5.65. The molecule has 1 N–H and O–H groups in total. The Kier molecular flexibility index (Phi) is 8.21. The SMILES string of the molecule is C.CC[C@@H]1C(=O)N(C)c2cnc(NCc3cnn(Cc4cc(F)c(F)c(F)c4)c3)nc2N1CC(C)C. The number of carbonyl (C=O) groups is 1. The Morgan fingerprint density at radius 3 is 2.44 bits per heavy atom. The molecule has 0 radical (unpaired) electrons. The minimum Gasteiger partial charge on any atom is -0.350 e. The van der Waals surface area contributed by atoms with Gasteiger partial charge in [-0.25, -0.2) is 18.2 Å². The Morgan fingerprint density at radius 1 is 1.11 bits per heavy atom. The summed E-state index contributed by atoms with van der Waals surface area (Å²) in [5.41, 5.74) is 1.72. The van der Waals surface area contributed by atoms with E-state index in [1.54, 1.807) is 30.5 Å². The molecule has 0 fully saturated rings. The molecule has 0 bridgehead atoms. The zero-order chi connectivity index (χ0) is 25.3. The van der Waals surface area contributed by atoms with E-state index in [0.29, 0.717) is 42.9 Å². The minimum absolute atomic E-state index is 0. The molecule has 0 saturated carbocycles. The highest BCUT2D eigenvalue weighted by molar-refractivity contribution is 6.04. The summed E-state index contributed by atoms with van der Waals surface area (Å²) in [4.78, 5) is 25.6. The summed E-state index contributed by atoms with van der Waals surface area (Å²) >= 11 is 0. The van der Waals surface area contributed by atoms with Gasteiger partial charge >= 0.3 is 0 Å². The van der Waals surface area contributed by atoms with Crippen molar-refractivity contribution in [1.82, 2.24) is 19.7 Å². The third-order valence-electron chi connectivity index (χ3n) is 5.85. The number of nitrogens with zero attached hydrogens (tertiary/aromatic N) is 6. The van der Waals surface area contributed by atoms with Crippen LogP contribution in [-0.4, -0.2) is 45.3 Å². The van der Waals surface area contributed by atoms with Crippen molar-refractivity contribution in [1.29, 1.82) is 0 Å². The van der Waals surface area contributed by atoms with Crippen LogP contribution in [0.2, 0.25) is 0 Å². The van der Waals surface area contributed by atoms with Crippen molar-refractivity contribution in [2.75, 3.05) is 28.7 Å². The largest absolute Gasteiger partial charge is 0.350 e. The number of halogens is 3. The van der Waals surface area contributed by atoms with Crippen LogP contribution in [0.4, 0.5) is 30.6 Å². The number of hydrogen-bond acceptors (Lipinski definition) is 6. The number of amides is 1. The second kappa shape index (κ2) is 11.0. The van der Waals surface area contributed by atoms with E-state index in [0.717, 1.165) is 17.7 Å². The number of rotatable bonds is 8. The predicted molar refractivity (Wildman–Crippen MR) is 133 cm³/mol. The van der Waals surface area contributed by atoms with Crippen LogP contribution in [0.25, 0.3) is 0 Å². The maximum absolute atomic E-state index is 13.5. The van der Waals surface area contributed by atoms with Crippen molar-refractivity contribution in [3.63, 3.8) is 0 Å². The van der Waals surface area contributed by atoms with E-state index in [1.165, 1.54) is 4.68 Å². The molecule has 0 unspecified atom stereocenters. The Morgan fingerprint density at radius 2 is 1.81 bits per heavy atom. The zero-order valence-corrected chi connectivity index (χ0v) is 20.1. The van der Waals surface area contributed by atoms with Crippen molar-refractivity contribution in [2.24, 2.45) is 5.92 Å². The van der Waals surface area contributed by atoms with Crippen molar-refractivity contribution in [3.8, 4) is 0 Å². The van der Waals surface area contributed by atoms with Crippen molar-refractivity contribution in [3.05, 3.63) is 59.3 Å². The first-order chi connectivity index (χ1) is 16.7. The number of aromatic nitrogens is 4. The van der Waals surface area contributed by atoms with Crippen LogP contribution >= 0.6 is 0 Å². The number of likely N-dealkylation sites (N-methyl/N-ethyl adjacent to an activating group) is 1. The van der Waals surface area contributed by atoms with E-state index in [-0.39, 0.29) is 31.5 Å². The molecule has 2 aromatic heterocycles. The topological polar surface area (TPSA) is 79.2 Å². The normalized spacial score (nSPS) is 15.2. The highest BCUT2D eigenvalue weighted by Crippen LogP contribution is 2.35. The lowest BCUT2D eigenvalue weighted by Crippen LogP contribution is -2.53. The number of benzene rings is 1. The van der Waals surface area contributed by atoms with Gasteiger partial charge in [0.25, 0.3) is 0 Å². The van der Waals surface area contributed by atoms with E-state index in [4.69, 9.17) is 4.98 Å². The molecule has 0 spiro atoms.